The lowest BCUT2D eigenvalue weighted by atomic mass is 10.1. The van der Waals surface area contributed by atoms with Gasteiger partial charge in [0.05, 0.1) is 0 Å². The molecule has 0 atom stereocenters. The van der Waals surface area contributed by atoms with Crippen LogP contribution in [0.4, 0.5) is 0 Å². The summed E-state index contributed by atoms with van der Waals surface area (Å²) in [6.07, 6.45) is 1.13. The lowest BCUT2D eigenvalue weighted by Gasteiger charge is -2.22. The Hall–Kier alpha value is -1.59. The van der Waals surface area contributed by atoms with Crippen molar-refractivity contribution in [1.82, 2.24) is 9.80 Å². The molecule has 3 N–H and O–H groups in total. The van der Waals surface area contributed by atoms with Crippen LogP contribution in [0.3, 0.4) is 0 Å². The van der Waals surface area contributed by atoms with Gasteiger partial charge >= 0.3 is 0 Å². The fourth-order valence-corrected chi connectivity index (χ4v) is 2.16. The van der Waals surface area contributed by atoms with Crippen molar-refractivity contribution in [2.45, 2.75) is 19.9 Å². The van der Waals surface area contributed by atoms with E-state index in [-0.39, 0.29) is 5.84 Å². The monoisotopic (exact) mass is 278 g/mol. The van der Waals surface area contributed by atoms with E-state index in [9.17, 15) is 0 Å². The van der Waals surface area contributed by atoms with Crippen LogP contribution in [0.15, 0.2) is 29.4 Å². The Morgan fingerprint density at radius 2 is 1.95 bits per heavy atom. The average Bonchev–Trinajstić information content (AvgIpc) is 2.45. The molecule has 0 aliphatic heterocycles. The van der Waals surface area contributed by atoms with Crippen LogP contribution in [0.2, 0.25) is 0 Å². The van der Waals surface area contributed by atoms with Crippen molar-refractivity contribution >= 4 is 5.84 Å². The van der Waals surface area contributed by atoms with Gasteiger partial charge in [0.1, 0.15) is 0 Å². The number of hydrogen-bond acceptors (Lipinski definition) is 4. The third-order valence-corrected chi connectivity index (χ3v) is 3.32. The maximum Gasteiger partial charge on any atom is 0.170 e. The summed E-state index contributed by atoms with van der Waals surface area (Å²) < 4.78 is 0. The molecule has 0 aliphatic rings. The molecule has 0 amide bonds. The van der Waals surface area contributed by atoms with Crippen molar-refractivity contribution in [3.05, 3.63) is 35.4 Å². The van der Waals surface area contributed by atoms with E-state index in [0.29, 0.717) is 0 Å². The van der Waals surface area contributed by atoms with Gasteiger partial charge in [-0.25, -0.2) is 0 Å². The molecule has 0 aromatic heterocycles. The lowest BCUT2D eigenvalue weighted by molar-refractivity contribution is 0.259. The molecule has 5 heteroatoms. The second-order valence-electron chi connectivity index (χ2n) is 5.17. The van der Waals surface area contributed by atoms with Crippen molar-refractivity contribution in [3.8, 4) is 0 Å². The summed E-state index contributed by atoms with van der Waals surface area (Å²) in [6, 6.07) is 7.80. The van der Waals surface area contributed by atoms with E-state index in [2.05, 4.69) is 36.0 Å². The number of benzene rings is 1. The molecule has 1 rings (SSSR count). The highest BCUT2D eigenvalue weighted by Crippen LogP contribution is 2.12. The zero-order chi connectivity index (χ0) is 15.0. The Kier molecular flexibility index (Phi) is 7.04. The molecule has 0 radical (unpaired) electrons. The Balaban J connectivity index is 2.70. The lowest BCUT2D eigenvalue weighted by Crippen LogP contribution is -2.28. The number of nitrogens with zero attached hydrogens (tertiary/aromatic N) is 3. The molecular formula is C15H26N4O. The van der Waals surface area contributed by atoms with E-state index in [1.807, 2.05) is 24.3 Å². The summed E-state index contributed by atoms with van der Waals surface area (Å²) >= 11 is 0. The summed E-state index contributed by atoms with van der Waals surface area (Å²) in [7, 11) is 4.17. The van der Waals surface area contributed by atoms with E-state index in [1.54, 1.807) is 0 Å². The fraction of sp³-hybridized carbons (Fsp3) is 0.533. The van der Waals surface area contributed by atoms with E-state index < -0.39 is 0 Å². The number of rotatable bonds is 8. The highest BCUT2D eigenvalue weighted by molar-refractivity contribution is 5.98. The molecule has 0 fully saturated rings. The van der Waals surface area contributed by atoms with E-state index >= 15 is 0 Å². The standard InChI is InChI=1S/C15H26N4O/c1-4-19(11-7-10-18(2)3)12-13-8-5-6-9-14(13)15(16)17-20/h5-6,8-9,20H,4,7,10-12H2,1-3H3,(H2,16,17). The molecule has 20 heavy (non-hydrogen) atoms. The molecule has 0 heterocycles. The first kappa shape index (κ1) is 16.5. The minimum atomic E-state index is 0.171. The van der Waals surface area contributed by atoms with Gasteiger partial charge < -0.3 is 15.8 Å². The van der Waals surface area contributed by atoms with Crippen LogP contribution >= 0.6 is 0 Å². The van der Waals surface area contributed by atoms with E-state index in [4.69, 9.17) is 10.9 Å². The Morgan fingerprint density at radius 1 is 1.25 bits per heavy atom. The first-order chi connectivity index (χ1) is 9.58. The van der Waals surface area contributed by atoms with E-state index in [1.165, 1.54) is 0 Å². The normalized spacial score (nSPS) is 12.3. The smallest absolute Gasteiger partial charge is 0.170 e. The van der Waals surface area contributed by atoms with Gasteiger partial charge in [0.25, 0.3) is 0 Å². The molecule has 0 spiro atoms. The largest absolute Gasteiger partial charge is 0.409 e. The van der Waals surface area contributed by atoms with Gasteiger partial charge in [-0.05, 0) is 45.7 Å². The maximum absolute atomic E-state index is 8.85. The van der Waals surface area contributed by atoms with Gasteiger partial charge in [0.15, 0.2) is 5.84 Å². The zero-order valence-corrected chi connectivity index (χ0v) is 12.7. The van der Waals surface area contributed by atoms with Crippen molar-refractivity contribution in [3.63, 3.8) is 0 Å². The van der Waals surface area contributed by atoms with Gasteiger partial charge in [-0.15, -0.1) is 0 Å². The quantitative estimate of drug-likeness (QED) is 0.328. The molecular weight excluding hydrogens is 252 g/mol. The minimum absolute atomic E-state index is 0.171. The van der Waals surface area contributed by atoms with Crippen molar-refractivity contribution in [1.29, 1.82) is 0 Å². The zero-order valence-electron chi connectivity index (χ0n) is 12.7. The summed E-state index contributed by atoms with van der Waals surface area (Å²) in [5.41, 5.74) is 7.63. The number of hydrogen-bond donors (Lipinski definition) is 2. The summed E-state index contributed by atoms with van der Waals surface area (Å²) in [5.74, 6) is 0.171. The second-order valence-corrected chi connectivity index (χ2v) is 5.17. The third kappa shape index (κ3) is 5.19. The highest BCUT2D eigenvalue weighted by Gasteiger charge is 2.10. The van der Waals surface area contributed by atoms with Gasteiger partial charge in [0.2, 0.25) is 0 Å². The third-order valence-electron chi connectivity index (χ3n) is 3.32. The summed E-state index contributed by atoms with van der Waals surface area (Å²) in [6.45, 7) is 6.08. The maximum atomic E-state index is 8.85. The van der Waals surface area contributed by atoms with Crippen LogP contribution in [-0.2, 0) is 6.54 Å². The average molecular weight is 278 g/mol. The number of nitrogens with two attached hydrogens (primary N) is 1. The first-order valence-electron chi connectivity index (χ1n) is 7.01. The van der Waals surface area contributed by atoms with Gasteiger partial charge in [-0.2, -0.15) is 0 Å². The van der Waals surface area contributed by atoms with E-state index in [0.717, 1.165) is 43.7 Å². The van der Waals surface area contributed by atoms with Crippen LogP contribution in [0.25, 0.3) is 0 Å². The fourth-order valence-electron chi connectivity index (χ4n) is 2.16. The Labute approximate surface area is 121 Å². The minimum Gasteiger partial charge on any atom is -0.409 e. The molecule has 1 aromatic carbocycles. The van der Waals surface area contributed by atoms with Gasteiger partial charge in [-0.3, -0.25) is 4.90 Å². The predicted molar refractivity (Wildman–Crippen MR) is 83.1 cm³/mol. The van der Waals surface area contributed by atoms with Gasteiger partial charge in [0, 0.05) is 12.1 Å². The molecule has 0 saturated heterocycles. The molecule has 0 bridgehead atoms. The molecule has 5 nitrogen and oxygen atoms in total. The van der Waals surface area contributed by atoms with Crippen molar-refractivity contribution in [2.75, 3.05) is 33.7 Å². The van der Waals surface area contributed by atoms with Crippen LogP contribution in [0.5, 0.6) is 0 Å². The van der Waals surface area contributed by atoms with Crippen LogP contribution in [0.1, 0.15) is 24.5 Å². The number of amidine groups is 1. The van der Waals surface area contributed by atoms with Crippen LogP contribution in [-0.4, -0.2) is 54.6 Å². The predicted octanol–water partition coefficient (Wildman–Crippen LogP) is 1.55. The molecule has 0 aliphatic carbocycles. The molecule has 112 valence electrons. The summed E-state index contributed by atoms with van der Waals surface area (Å²) in [5, 5.41) is 12.0. The molecule has 0 saturated carbocycles. The topological polar surface area (TPSA) is 65.1 Å². The first-order valence-corrected chi connectivity index (χ1v) is 7.01. The van der Waals surface area contributed by atoms with Crippen molar-refractivity contribution < 1.29 is 5.21 Å². The number of oxime groups is 1. The van der Waals surface area contributed by atoms with Crippen molar-refractivity contribution in [2.24, 2.45) is 10.9 Å². The highest BCUT2D eigenvalue weighted by atomic mass is 16.4. The molecule has 1 aromatic rings. The molecule has 0 unspecified atom stereocenters. The summed E-state index contributed by atoms with van der Waals surface area (Å²) in [4.78, 5) is 4.56. The SMILES string of the molecule is CCN(CCCN(C)C)Cc1ccccc1/C(N)=N/O. The van der Waals surface area contributed by atoms with Gasteiger partial charge in [-0.1, -0.05) is 36.3 Å². The Bertz CT molecular complexity index is 432. The van der Waals surface area contributed by atoms with Crippen LogP contribution in [0, 0.1) is 0 Å². The second kappa shape index (κ2) is 8.55. The Morgan fingerprint density at radius 3 is 2.55 bits per heavy atom. The van der Waals surface area contributed by atoms with Crippen LogP contribution < -0.4 is 5.73 Å².